The molecular weight excluding hydrogens is 158 g/mol. The van der Waals surface area contributed by atoms with Gasteiger partial charge in [0, 0.05) is 5.69 Å². The second kappa shape index (κ2) is 3.21. The highest BCUT2D eigenvalue weighted by Gasteiger charge is 2.06. The molecule has 0 aliphatic heterocycles. The van der Waals surface area contributed by atoms with Gasteiger partial charge in [0.05, 0.1) is 5.69 Å². The summed E-state index contributed by atoms with van der Waals surface area (Å²) in [5.41, 5.74) is 1.18. The third-order valence-corrected chi connectivity index (χ3v) is 1.65. The molecular formula is C8H9NO3. The van der Waals surface area contributed by atoms with E-state index in [-0.39, 0.29) is 6.54 Å². The Hall–Kier alpha value is -1.58. The number of carbonyl (C=O) groups excluding carboxylic acids is 1. The van der Waals surface area contributed by atoms with E-state index in [1.165, 1.54) is 4.57 Å². The van der Waals surface area contributed by atoms with Gasteiger partial charge in [-0.25, -0.2) is 0 Å². The average Bonchev–Trinajstić information content (AvgIpc) is 2.32. The van der Waals surface area contributed by atoms with Crippen molar-refractivity contribution in [2.45, 2.75) is 13.5 Å². The van der Waals surface area contributed by atoms with Gasteiger partial charge in [0.25, 0.3) is 0 Å². The maximum Gasteiger partial charge on any atom is 0.323 e. The van der Waals surface area contributed by atoms with Gasteiger partial charge in [-0.3, -0.25) is 9.59 Å². The predicted octanol–water partition coefficient (Wildman–Crippen LogP) is 0.694. The second-order valence-electron chi connectivity index (χ2n) is 2.50. The molecule has 0 aliphatic rings. The fourth-order valence-electron chi connectivity index (χ4n) is 1.04. The molecule has 1 aromatic rings. The van der Waals surface area contributed by atoms with Crippen LogP contribution in [0.15, 0.2) is 12.1 Å². The van der Waals surface area contributed by atoms with Crippen molar-refractivity contribution in [2.75, 3.05) is 0 Å². The fraction of sp³-hybridized carbons (Fsp3) is 0.250. The van der Waals surface area contributed by atoms with Gasteiger partial charge in [0.2, 0.25) is 0 Å². The minimum Gasteiger partial charge on any atom is -0.480 e. The zero-order valence-corrected chi connectivity index (χ0v) is 6.65. The Morgan fingerprint density at radius 1 is 1.67 bits per heavy atom. The summed E-state index contributed by atoms with van der Waals surface area (Å²) in [7, 11) is 0. The van der Waals surface area contributed by atoms with Crippen LogP contribution in [0.3, 0.4) is 0 Å². The van der Waals surface area contributed by atoms with E-state index in [0.29, 0.717) is 12.0 Å². The van der Waals surface area contributed by atoms with Crippen LogP contribution in [0.1, 0.15) is 16.2 Å². The quantitative estimate of drug-likeness (QED) is 0.674. The number of aldehydes is 1. The number of aromatic nitrogens is 1. The monoisotopic (exact) mass is 167 g/mol. The molecule has 12 heavy (non-hydrogen) atoms. The first kappa shape index (κ1) is 8.52. The fourth-order valence-corrected chi connectivity index (χ4v) is 1.04. The van der Waals surface area contributed by atoms with E-state index in [1.807, 2.05) is 0 Å². The zero-order chi connectivity index (χ0) is 9.14. The number of carboxylic acid groups (broad SMARTS) is 1. The molecule has 0 unspecified atom stereocenters. The number of carbonyl (C=O) groups is 2. The maximum absolute atomic E-state index is 10.4. The number of carboxylic acids is 1. The first-order chi connectivity index (χ1) is 5.65. The number of rotatable bonds is 3. The van der Waals surface area contributed by atoms with Crippen LogP contribution >= 0.6 is 0 Å². The lowest BCUT2D eigenvalue weighted by molar-refractivity contribution is -0.137. The van der Waals surface area contributed by atoms with Crippen LogP contribution in [0.25, 0.3) is 0 Å². The summed E-state index contributed by atoms with van der Waals surface area (Å²) < 4.78 is 1.45. The molecule has 0 radical (unpaired) electrons. The van der Waals surface area contributed by atoms with E-state index in [0.717, 1.165) is 5.69 Å². The largest absolute Gasteiger partial charge is 0.480 e. The zero-order valence-electron chi connectivity index (χ0n) is 6.65. The molecule has 0 fully saturated rings. The van der Waals surface area contributed by atoms with Crippen molar-refractivity contribution in [2.24, 2.45) is 0 Å². The lowest BCUT2D eigenvalue weighted by Gasteiger charge is -2.03. The third-order valence-electron chi connectivity index (χ3n) is 1.65. The summed E-state index contributed by atoms with van der Waals surface area (Å²) in [5, 5.41) is 8.49. The van der Waals surface area contributed by atoms with Gasteiger partial charge in [0.15, 0.2) is 6.29 Å². The second-order valence-corrected chi connectivity index (χ2v) is 2.50. The van der Waals surface area contributed by atoms with Gasteiger partial charge in [-0.05, 0) is 19.1 Å². The Balaban J connectivity index is 3.01. The van der Waals surface area contributed by atoms with E-state index in [9.17, 15) is 9.59 Å². The van der Waals surface area contributed by atoms with E-state index in [2.05, 4.69) is 0 Å². The molecule has 1 N–H and O–H groups in total. The molecule has 0 bridgehead atoms. The molecule has 1 aromatic heterocycles. The van der Waals surface area contributed by atoms with Crippen molar-refractivity contribution in [1.29, 1.82) is 0 Å². The first-order valence-electron chi connectivity index (χ1n) is 3.48. The molecule has 0 saturated carbocycles. The topological polar surface area (TPSA) is 59.3 Å². The van der Waals surface area contributed by atoms with Crippen molar-refractivity contribution in [3.63, 3.8) is 0 Å². The molecule has 64 valence electrons. The van der Waals surface area contributed by atoms with E-state index < -0.39 is 5.97 Å². The molecule has 0 aliphatic carbocycles. The van der Waals surface area contributed by atoms with Gasteiger partial charge < -0.3 is 9.67 Å². The highest BCUT2D eigenvalue weighted by molar-refractivity contribution is 5.75. The number of aryl methyl sites for hydroxylation is 1. The Labute approximate surface area is 69.4 Å². The highest BCUT2D eigenvalue weighted by atomic mass is 16.4. The van der Waals surface area contributed by atoms with Crippen molar-refractivity contribution < 1.29 is 14.7 Å². The Morgan fingerprint density at radius 2 is 2.33 bits per heavy atom. The van der Waals surface area contributed by atoms with Crippen LogP contribution in [0.5, 0.6) is 0 Å². The van der Waals surface area contributed by atoms with Crippen molar-refractivity contribution in [1.82, 2.24) is 4.57 Å². The van der Waals surface area contributed by atoms with Crippen LogP contribution in [0, 0.1) is 6.92 Å². The maximum atomic E-state index is 10.4. The smallest absolute Gasteiger partial charge is 0.323 e. The summed E-state index contributed by atoms with van der Waals surface area (Å²) in [4.78, 5) is 20.8. The number of nitrogens with zero attached hydrogens (tertiary/aromatic N) is 1. The third kappa shape index (κ3) is 1.53. The minimum atomic E-state index is -0.947. The summed E-state index contributed by atoms with van der Waals surface area (Å²) in [6, 6.07) is 3.32. The minimum absolute atomic E-state index is 0.160. The molecule has 4 heteroatoms. The van der Waals surface area contributed by atoms with E-state index in [1.54, 1.807) is 19.1 Å². The predicted molar refractivity (Wildman–Crippen MR) is 42.2 cm³/mol. The Kier molecular flexibility index (Phi) is 2.28. The lowest BCUT2D eigenvalue weighted by atomic mass is 10.4. The standard InChI is InChI=1S/C8H9NO3/c1-6-2-3-7(5-10)9(6)4-8(11)12/h2-3,5H,4H2,1H3,(H,11,12). The molecule has 1 rings (SSSR count). The molecule has 0 saturated heterocycles. The summed E-state index contributed by atoms with van der Waals surface area (Å²) in [6.07, 6.45) is 0.649. The van der Waals surface area contributed by atoms with Crippen LogP contribution in [-0.4, -0.2) is 21.9 Å². The van der Waals surface area contributed by atoms with Crippen LogP contribution in [0.2, 0.25) is 0 Å². The molecule has 1 heterocycles. The van der Waals surface area contributed by atoms with Gasteiger partial charge in [-0.1, -0.05) is 0 Å². The SMILES string of the molecule is Cc1ccc(C=O)n1CC(=O)O. The normalized spacial score (nSPS) is 9.75. The van der Waals surface area contributed by atoms with Gasteiger partial charge in [-0.15, -0.1) is 0 Å². The van der Waals surface area contributed by atoms with E-state index >= 15 is 0 Å². The number of hydrogen-bond acceptors (Lipinski definition) is 2. The molecule has 0 amide bonds. The lowest BCUT2D eigenvalue weighted by Crippen LogP contribution is -2.12. The molecule has 0 aromatic carbocycles. The van der Waals surface area contributed by atoms with E-state index in [4.69, 9.17) is 5.11 Å². The van der Waals surface area contributed by atoms with Crippen molar-refractivity contribution in [3.8, 4) is 0 Å². The number of aliphatic carboxylic acids is 1. The van der Waals surface area contributed by atoms with Crippen molar-refractivity contribution >= 4 is 12.3 Å². The van der Waals surface area contributed by atoms with Crippen molar-refractivity contribution in [3.05, 3.63) is 23.5 Å². The van der Waals surface area contributed by atoms with Gasteiger partial charge >= 0.3 is 5.97 Å². The van der Waals surface area contributed by atoms with Crippen LogP contribution in [0.4, 0.5) is 0 Å². The van der Waals surface area contributed by atoms with Gasteiger partial charge in [0.1, 0.15) is 6.54 Å². The summed E-state index contributed by atoms with van der Waals surface area (Å²) in [5.74, 6) is -0.947. The summed E-state index contributed by atoms with van der Waals surface area (Å²) in [6.45, 7) is 1.60. The molecule has 4 nitrogen and oxygen atoms in total. The van der Waals surface area contributed by atoms with Gasteiger partial charge in [-0.2, -0.15) is 0 Å². The molecule has 0 spiro atoms. The first-order valence-corrected chi connectivity index (χ1v) is 3.48. The Morgan fingerprint density at radius 3 is 2.83 bits per heavy atom. The molecule has 0 atom stereocenters. The average molecular weight is 167 g/mol. The van der Waals surface area contributed by atoms with Crippen LogP contribution < -0.4 is 0 Å². The number of hydrogen-bond donors (Lipinski definition) is 1. The van der Waals surface area contributed by atoms with Crippen LogP contribution in [-0.2, 0) is 11.3 Å². The summed E-state index contributed by atoms with van der Waals surface area (Å²) >= 11 is 0. The Bertz CT molecular complexity index is 314. The highest BCUT2D eigenvalue weighted by Crippen LogP contribution is 2.05.